The molecule has 0 bridgehead atoms. The third-order valence-electron chi connectivity index (χ3n) is 5.32. The molecule has 0 unspecified atom stereocenters. The molecule has 1 saturated heterocycles. The Morgan fingerprint density at radius 1 is 0.737 bits per heavy atom. The first-order valence-electron chi connectivity index (χ1n) is 11.7. The second kappa shape index (κ2) is 13.7. The molecule has 38 heavy (non-hydrogen) atoms. The first-order valence-corrected chi connectivity index (χ1v) is 14.1. The standard InChI is InChI=1S/C23H35Br3N4O8/c1-20(2,24)17(34)27-10-23(11-28-18(35)21(3,4)25,12-29-19(36)22(5,6)26)13-37-9-16(33)38-30-14(31)7-8-15(30)32/h7-13H2,1-6H3,(H,27,34)(H,28,35)(H,29,36). The second-order valence-corrected chi connectivity index (χ2v) is 16.5. The summed E-state index contributed by atoms with van der Waals surface area (Å²) < 4.78 is 2.88. The van der Waals surface area contributed by atoms with Crippen LogP contribution in [0.25, 0.3) is 0 Å². The highest BCUT2D eigenvalue weighted by molar-refractivity contribution is 9.10. The Morgan fingerprint density at radius 2 is 1.08 bits per heavy atom. The molecule has 1 rings (SSSR count). The molecule has 15 heteroatoms. The molecule has 0 radical (unpaired) electrons. The van der Waals surface area contributed by atoms with Crippen LogP contribution in [0.3, 0.4) is 0 Å². The highest BCUT2D eigenvalue weighted by Gasteiger charge is 2.38. The lowest BCUT2D eigenvalue weighted by molar-refractivity contribution is -0.200. The van der Waals surface area contributed by atoms with Crippen molar-refractivity contribution in [2.75, 3.05) is 32.8 Å². The van der Waals surface area contributed by atoms with E-state index in [4.69, 9.17) is 9.57 Å². The molecule has 1 heterocycles. The van der Waals surface area contributed by atoms with Crippen molar-refractivity contribution in [1.29, 1.82) is 0 Å². The summed E-state index contributed by atoms with van der Waals surface area (Å²) in [6, 6.07) is 0. The van der Waals surface area contributed by atoms with Crippen molar-refractivity contribution >= 4 is 83.3 Å². The van der Waals surface area contributed by atoms with Crippen molar-refractivity contribution < 1.29 is 38.3 Å². The van der Waals surface area contributed by atoms with Crippen LogP contribution in [0.5, 0.6) is 0 Å². The smallest absolute Gasteiger partial charge is 0.358 e. The molecule has 0 aliphatic carbocycles. The molecule has 0 aromatic rings. The number of carbonyl (C=O) groups is 6. The first-order chi connectivity index (χ1) is 17.2. The van der Waals surface area contributed by atoms with Gasteiger partial charge in [-0.2, -0.15) is 0 Å². The zero-order chi connectivity index (χ0) is 29.5. The molecule has 216 valence electrons. The van der Waals surface area contributed by atoms with Gasteiger partial charge in [0.2, 0.25) is 17.7 Å². The minimum Gasteiger partial charge on any atom is -0.369 e. The lowest BCUT2D eigenvalue weighted by Crippen LogP contribution is -2.57. The summed E-state index contributed by atoms with van der Waals surface area (Å²) in [5.74, 6) is -3.30. The molecule has 5 amide bonds. The predicted octanol–water partition coefficient (Wildman–Crippen LogP) is 1.47. The van der Waals surface area contributed by atoms with Crippen molar-refractivity contribution in [3.8, 4) is 0 Å². The van der Waals surface area contributed by atoms with Crippen LogP contribution in [-0.4, -0.2) is 86.4 Å². The SMILES string of the molecule is CC(C)(Br)C(=O)NCC(CNC(=O)C(C)(C)Br)(CNC(=O)C(C)(C)Br)COCC(=O)ON1C(=O)CCC1=O. The van der Waals surface area contributed by atoms with Crippen LogP contribution in [0, 0.1) is 5.41 Å². The Bertz CT molecular complexity index is 848. The Balaban J connectivity index is 3.11. The molecule has 12 nitrogen and oxygen atoms in total. The van der Waals surface area contributed by atoms with Crippen LogP contribution in [0.1, 0.15) is 54.4 Å². The maximum atomic E-state index is 12.6. The van der Waals surface area contributed by atoms with E-state index in [2.05, 4.69) is 63.7 Å². The molecule has 1 aliphatic heterocycles. The van der Waals surface area contributed by atoms with Crippen molar-refractivity contribution in [2.24, 2.45) is 5.41 Å². The number of amides is 5. The van der Waals surface area contributed by atoms with Gasteiger partial charge in [-0.15, -0.1) is 5.06 Å². The molecule has 3 N–H and O–H groups in total. The monoisotopic (exact) mass is 732 g/mol. The van der Waals surface area contributed by atoms with E-state index >= 15 is 0 Å². The third-order valence-corrected chi connectivity index (χ3v) is 6.40. The van der Waals surface area contributed by atoms with Crippen LogP contribution in [0.15, 0.2) is 0 Å². The first kappa shape index (κ1) is 34.4. The van der Waals surface area contributed by atoms with E-state index in [1.807, 2.05) is 0 Å². The summed E-state index contributed by atoms with van der Waals surface area (Å²) in [7, 11) is 0. The number of hydroxylamine groups is 2. The van der Waals surface area contributed by atoms with Gasteiger partial charge in [0, 0.05) is 37.9 Å². The average Bonchev–Trinajstić information content (AvgIpc) is 3.09. The maximum Gasteiger partial charge on any atom is 0.358 e. The van der Waals surface area contributed by atoms with Gasteiger partial charge in [0.1, 0.15) is 6.61 Å². The molecule has 0 atom stereocenters. The Kier molecular flexibility index (Phi) is 12.4. The number of halogens is 3. The summed E-state index contributed by atoms with van der Waals surface area (Å²) in [6.45, 7) is 8.92. The quantitative estimate of drug-likeness (QED) is 0.179. The third kappa shape index (κ3) is 11.3. The summed E-state index contributed by atoms with van der Waals surface area (Å²) in [4.78, 5) is 78.3. The molecule has 0 aromatic heterocycles. The Hall–Kier alpha value is -1.58. The number of ether oxygens (including phenoxy) is 1. The van der Waals surface area contributed by atoms with Crippen LogP contribution in [-0.2, 0) is 38.3 Å². The van der Waals surface area contributed by atoms with Gasteiger partial charge in [0.05, 0.1) is 19.6 Å². The number of carbonyl (C=O) groups excluding carboxylic acids is 6. The minimum atomic E-state index is -1.12. The van der Waals surface area contributed by atoms with Gasteiger partial charge in [-0.05, 0) is 41.5 Å². The normalized spacial score (nSPS) is 14.8. The summed E-state index contributed by atoms with van der Waals surface area (Å²) in [5, 5.41) is 8.78. The number of hydrogen-bond donors (Lipinski definition) is 3. The van der Waals surface area contributed by atoms with E-state index in [1.54, 1.807) is 41.5 Å². The van der Waals surface area contributed by atoms with Gasteiger partial charge in [0.15, 0.2) is 0 Å². The highest BCUT2D eigenvalue weighted by Crippen LogP contribution is 2.22. The average molecular weight is 735 g/mol. The number of nitrogens with zero attached hydrogens (tertiary/aromatic N) is 1. The molecule has 0 spiro atoms. The summed E-state index contributed by atoms with van der Waals surface area (Å²) in [5.41, 5.74) is -1.12. The fraction of sp³-hybridized carbons (Fsp3) is 0.739. The van der Waals surface area contributed by atoms with E-state index in [9.17, 15) is 28.8 Å². The topological polar surface area (TPSA) is 160 Å². The van der Waals surface area contributed by atoms with Crippen molar-refractivity contribution in [3.63, 3.8) is 0 Å². The molecule has 0 aromatic carbocycles. The lowest BCUT2D eigenvalue weighted by atomic mass is 9.87. The van der Waals surface area contributed by atoms with E-state index in [0.717, 1.165) is 0 Å². The van der Waals surface area contributed by atoms with E-state index in [-0.39, 0.29) is 56.8 Å². The van der Waals surface area contributed by atoms with E-state index in [1.165, 1.54) is 0 Å². The molecular weight excluding hydrogens is 700 g/mol. The van der Waals surface area contributed by atoms with E-state index < -0.39 is 42.8 Å². The Labute approximate surface area is 247 Å². The number of hydrogen-bond acceptors (Lipinski definition) is 8. The van der Waals surface area contributed by atoms with Crippen molar-refractivity contribution in [2.45, 2.75) is 67.4 Å². The number of rotatable bonds is 14. The zero-order valence-corrected chi connectivity index (χ0v) is 27.1. The fourth-order valence-electron chi connectivity index (χ4n) is 2.91. The van der Waals surface area contributed by atoms with Gasteiger partial charge in [-0.1, -0.05) is 47.8 Å². The molecular formula is C23H35Br3N4O8. The van der Waals surface area contributed by atoms with Gasteiger partial charge in [-0.3, -0.25) is 24.0 Å². The predicted molar refractivity (Wildman–Crippen MR) is 148 cm³/mol. The van der Waals surface area contributed by atoms with Crippen LogP contribution in [0.4, 0.5) is 0 Å². The highest BCUT2D eigenvalue weighted by atomic mass is 79.9. The molecule has 1 aliphatic rings. The molecule has 1 fully saturated rings. The number of imide groups is 1. The summed E-state index contributed by atoms with van der Waals surface area (Å²) >= 11 is 9.89. The van der Waals surface area contributed by atoms with Crippen molar-refractivity contribution in [1.82, 2.24) is 21.0 Å². The van der Waals surface area contributed by atoms with Gasteiger partial charge in [0.25, 0.3) is 11.8 Å². The Morgan fingerprint density at radius 3 is 1.39 bits per heavy atom. The second-order valence-electron chi connectivity index (χ2n) is 10.5. The lowest BCUT2D eigenvalue weighted by Gasteiger charge is -2.36. The minimum absolute atomic E-state index is 0.0487. The zero-order valence-electron chi connectivity index (χ0n) is 22.3. The number of alkyl halides is 3. The largest absolute Gasteiger partial charge is 0.369 e. The maximum absolute atomic E-state index is 12.6. The van der Waals surface area contributed by atoms with Crippen LogP contribution in [0.2, 0.25) is 0 Å². The van der Waals surface area contributed by atoms with E-state index in [0.29, 0.717) is 5.06 Å². The van der Waals surface area contributed by atoms with Crippen LogP contribution >= 0.6 is 47.8 Å². The van der Waals surface area contributed by atoms with Gasteiger partial charge in [-0.25, -0.2) is 4.79 Å². The summed E-state index contributed by atoms with van der Waals surface area (Å²) in [6.07, 6.45) is -0.0974. The van der Waals surface area contributed by atoms with Crippen LogP contribution < -0.4 is 16.0 Å². The molecule has 0 saturated carbocycles. The van der Waals surface area contributed by atoms with Crippen molar-refractivity contribution in [3.05, 3.63) is 0 Å². The van der Waals surface area contributed by atoms with Gasteiger partial charge < -0.3 is 25.5 Å². The van der Waals surface area contributed by atoms with Gasteiger partial charge >= 0.3 is 5.97 Å². The number of nitrogens with one attached hydrogen (secondary N) is 3. The fourth-order valence-corrected chi connectivity index (χ4v) is 3.33.